The van der Waals surface area contributed by atoms with Crippen molar-refractivity contribution in [3.63, 3.8) is 0 Å². The van der Waals surface area contributed by atoms with Gasteiger partial charge in [-0.1, -0.05) is 0 Å². The van der Waals surface area contributed by atoms with Crippen molar-refractivity contribution in [3.8, 4) is 0 Å². The Labute approximate surface area is 62.2 Å². The fourth-order valence-corrected chi connectivity index (χ4v) is 0.584. The molecule has 0 unspecified atom stereocenters. The van der Waals surface area contributed by atoms with Crippen molar-refractivity contribution >= 4 is 5.91 Å². The number of nitrogens with two attached hydrogens (primary N) is 1. The largest absolute Gasteiger partial charge is 0.370 e. The van der Waals surface area contributed by atoms with Crippen molar-refractivity contribution < 1.29 is 4.79 Å². The van der Waals surface area contributed by atoms with Gasteiger partial charge in [-0.05, 0) is 27.9 Å². The van der Waals surface area contributed by atoms with E-state index >= 15 is 0 Å². The molecule has 0 aromatic heterocycles. The summed E-state index contributed by atoms with van der Waals surface area (Å²) in [5.74, 6) is -0.251. The Balaban J connectivity index is 3.99. The molecule has 1 amide bonds. The number of rotatable bonds is 3. The Morgan fingerprint density at radius 2 is 1.90 bits per heavy atom. The van der Waals surface area contributed by atoms with Gasteiger partial charge in [-0.2, -0.15) is 0 Å². The highest BCUT2D eigenvalue weighted by molar-refractivity contribution is 5.74. The highest BCUT2D eigenvalue weighted by Crippen LogP contribution is 2.13. The lowest BCUT2D eigenvalue weighted by molar-refractivity contribution is -0.120. The van der Waals surface area contributed by atoms with Crippen LogP contribution >= 0.6 is 0 Å². The third-order valence-corrected chi connectivity index (χ3v) is 1.82. The van der Waals surface area contributed by atoms with E-state index in [1.807, 2.05) is 32.8 Å². The smallest absolute Gasteiger partial charge is 0.219 e. The fourth-order valence-electron chi connectivity index (χ4n) is 0.584. The summed E-state index contributed by atoms with van der Waals surface area (Å²) in [6.07, 6.45) is 0.403. The number of nitrogens with zero attached hydrogens (tertiary/aromatic N) is 1. The lowest BCUT2D eigenvalue weighted by Gasteiger charge is -2.31. The summed E-state index contributed by atoms with van der Waals surface area (Å²) in [5, 5.41) is 0. The SMILES string of the molecule is CN(C)C(C)(C)CC(N)=O. The van der Waals surface area contributed by atoms with E-state index in [0.29, 0.717) is 6.42 Å². The van der Waals surface area contributed by atoms with Gasteiger partial charge in [-0.3, -0.25) is 4.79 Å². The maximum Gasteiger partial charge on any atom is 0.219 e. The topological polar surface area (TPSA) is 46.3 Å². The predicted molar refractivity (Wildman–Crippen MR) is 41.6 cm³/mol. The predicted octanol–water partition coefficient (Wildman–Crippen LogP) is 0.202. The zero-order chi connectivity index (χ0) is 8.36. The van der Waals surface area contributed by atoms with Crippen molar-refractivity contribution in [2.75, 3.05) is 14.1 Å². The lowest BCUT2D eigenvalue weighted by atomic mass is 9.99. The maximum absolute atomic E-state index is 10.5. The molecular weight excluding hydrogens is 128 g/mol. The van der Waals surface area contributed by atoms with Crippen LogP contribution in [0.4, 0.5) is 0 Å². The van der Waals surface area contributed by atoms with Gasteiger partial charge in [-0.15, -0.1) is 0 Å². The van der Waals surface area contributed by atoms with E-state index in [1.165, 1.54) is 0 Å². The molecule has 3 nitrogen and oxygen atoms in total. The van der Waals surface area contributed by atoms with E-state index in [2.05, 4.69) is 0 Å². The molecule has 0 heterocycles. The number of primary amides is 1. The van der Waals surface area contributed by atoms with Gasteiger partial charge in [0.15, 0.2) is 0 Å². The number of hydrogen-bond donors (Lipinski definition) is 1. The molecule has 0 aliphatic rings. The molecule has 0 aromatic carbocycles. The Hall–Kier alpha value is -0.570. The van der Waals surface area contributed by atoms with Gasteiger partial charge < -0.3 is 10.6 Å². The van der Waals surface area contributed by atoms with Gasteiger partial charge in [0, 0.05) is 12.0 Å². The second-order valence-corrected chi connectivity index (χ2v) is 3.35. The first kappa shape index (κ1) is 9.43. The molecule has 0 spiro atoms. The molecule has 10 heavy (non-hydrogen) atoms. The molecule has 0 bridgehead atoms. The minimum absolute atomic E-state index is 0.119. The van der Waals surface area contributed by atoms with Crippen LogP contribution in [0.25, 0.3) is 0 Å². The van der Waals surface area contributed by atoms with E-state index in [1.54, 1.807) is 0 Å². The first-order valence-corrected chi connectivity index (χ1v) is 3.32. The Morgan fingerprint density at radius 3 is 2.00 bits per heavy atom. The van der Waals surface area contributed by atoms with Crippen LogP contribution in [-0.2, 0) is 4.79 Å². The highest BCUT2D eigenvalue weighted by atomic mass is 16.1. The van der Waals surface area contributed by atoms with Crippen molar-refractivity contribution in [1.29, 1.82) is 0 Å². The first-order valence-electron chi connectivity index (χ1n) is 3.32. The molecule has 0 atom stereocenters. The zero-order valence-corrected chi connectivity index (χ0v) is 7.14. The molecule has 0 fully saturated rings. The second-order valence-electron chi connectivity index (χ2n) is 3.35. The molecule has 0 rings (SSSR count). The molecule has 0 aliphatic carbocycles. The van der Waals surface area contributed by atoms with Crippen LogP contribution in [0.15, 0.2) is 0 Å². The molecule has 0 radical (unpaired) electrons. The average molecular weight is 144 g/mol. The van der Waals surface area contributed by atoms with Gasteiger partial charge in [0.05, 0.1) is 0 Å². The molecule has 0 saturated heterocycles. The summed E-state index contributed by atoms with van der Waals surface area (Å²) in [6.45, 7) is 3.97. The highest BCUT2D eigenvalue weighted by Gasteiger charge is 2.22. The minimum atomic E-state index is -0.251. The first-order chi connectivity index (χ1) is 4.36. The zero-order valence-electron chi connectivity index (χ0n) is 7.14. The van der Waals surface area contributed by atoms with Gasteiger partial charge in [-0.25, -0.2) is 0 Å². The van der Waals surface area contributed by atoms with Crippen molar-refractivity contribution in [3.05, 3.63) is 0 Å². The molecule has 2 N–H and O–H groups in total. The number of hydrogen-bond acceptors (Lipinski definition) is 2. The van der Waals surface area contributed by atoms with Crippen LogP contribution in [0, 0.1) is 0 Å². The molecule has 0 saturated carbocycles. The Kier molecular flexibility index (Phi) is 2.84. The quantitative estimate of drug-likeness (QED) is 0.615. The third-order valence-electron chi connectivity index (χ3n) is 1.82. The molecule has 0 aromatic rings. The van der Waals surface area contributed by atoms with Crippen LogP contribution in [0.5, 0.6) is 0 Å². The van der Waals surface area contributed by atoms with E-state index in [9.17, 15) is 4.79 Å². The Morgan fingerprint density at radius 1 is 1.50 bits per heavy atom. The summed E-state index contributed by atoms with van der Waals surface area (Å²) in [7, 11) is 3.87. The molecule has 60 valence electrons. The van der Waals surface area contributed by atoms with E-state index in [4.69, 9.17) is 5.73 Å². The van der Waals surface area contributed by atoms with Gasteiger partial charge in [0.2, 0.25) is 5.91 Å². The Bertz CT molecular complexity index is 130. The maximum atomic E-state index is 10.5. The number of amides is 1. The summed E-state index contributed by atoms with van der Waals surface area (Å²) < 4.78 is 0. The van der Waals surface area contributed by atoms with Crippen molar-refractivity contribution in [2.45, 2.75) is 25.8 Å². The molecular formula is C7H16N2O. The van der Waals surface area contributed by atoms with Crippen LogP contribution in [0.1, 0.15) is 20.3 Å². The van der Waals surface area contributed by atoms with E-state index in [0.717, 1.165) is 0 Å². The van der Waals surface area contributed by atoms with Gasteiger partial charge >= 0.3 is 0 Å². The number of carbonyl (C=O) groups is 1. The van der Waals surface area contributed by atoms with Crippen LogP contribution in [-0.4, -0.2) is 30.4 Å². The summed E-state index contributed by atoms with van der Waals surface area (Å²) in [4.78, 5) is 12.5. The third kappa shape index (κ3) is 2.82. The molecule has 3 heteroatoms. The molecule has 0 aliphatic heterocycles. The van der Waals surface area contributed by atoms with Crippen LogP contribution in [0.2, 0.25) is 0 Å². The second kappa shape index (κ2) is 3.01. The standard InChI is InChI=1S/C7H16N2O/c1-7(2,9(3)4)5-6(8)10/h5H2,1-4H3,(H2,8,10). The van der Waals surface area contributed by atoms with Gasteiger partial charge in [0.25, 0.3) is 0 Å². The van der Waals surface area contributed by atoms with Crippen LogP contribution < -0.4 is 5.73 Å². The fraction of sp³-hybridized carbons (Fsp3) is 0.857. The normalized spacial score (nSPS) is 12.1. The van der Waals surface area contributed by atoms with Crippen molar-refractivity contribution in [2.24, 2.45) is 5.73 Å². The van der Waals surface area contributed by atoms with Crippen LogP contribution in [0.3, 0.4) is 0 Å². The summed E-state index contributed by atoms with van der Waals surface area (Å²) in [5.41, 5.74) is 4.93. The number of carbonyl (C=O) groups excluding carboxylic acids is 1. The van der Waals surface area contributed by atoms with Gasteiger partial charge in [0.1, 0.15) is 0 Å². The average Bonchev–Trinajstić information content (AvgIpc) is 1.60. The minimum Gasteiger partial charge on any atom is -0.370 e. The van der Waals surface area contributed by atoms with E-state index < -0.39 is 0 Å². The summed E-state index contributed by atoms with van der Waals surface area (Å²) >= 11 is 0. The van der Waals surface area contributed by atoms with Crippen molar-refractivity contribution in [1.82, 2.24) is 4.90 Å². The van der Waals surface area contributed by atoms with E-state index in [-0.39, 0.29) is 11.4 Å². The lowest BCUT2D eigenvalue weighted by Crippen LogP contribution is -2.41. The summed E-state index contributed by atoms with van der Waals surface area (Å²) in [6, 6.07) is 0. The monoisotopic (exact) mass is 144 g/mol.